The van der Waals surface area contributed by atoms with Gasteiger partial charge in [0.15, 0.2) is 0 Å². The molecule has 0 fully saturated rings. The largest absolute Gasteiger partial charge is 0.478 e. The van der Waals surface area contributed by atoms with Crippen LogP contribution in [0.1, 0.15) is 22.8 Å². The van der Waals surface area contributed by atoms with Gasteiger partial charge < -0.3 is 10.4 Å². The molecule has 0 unspecified atom stereocenters. The first-order valence-corrected chi connectivity index (χ1v) is 4.99. The van der Waals surface area contributed by atoms with Crippen LogP contribution in [-0.2, 0) is 0 Å². The summed E-state index contributed by atoms with van der Waals surface area (Å²) in [5, 5.41) is 22.7. The van der Waals surface area contributed by atoms with Crippen LogP contribution in [0.3, 0.4) is 0 Å². The monoisotopic (exact) mass is 234 g/mol. The summed E-state index contributed by atoms with van der Waals surface area (Å²) in [5.74, 6) is -1.17. The highest BCUT2D eigenvalue weighted by atomic mass is 16.6. The van der Waals surface area contributed by atoms with Crippen LogP contribution in [0.5, 0.6) is 0 Å². The number of nitrogens with zero attached hydrogens (tertiary/aromatic N) is 1. The van der Waals surface area contributed by atoms with Crippen LogP contribution in [-0.4, -0.2) is 22.5 Å². The predicted octanol–water partition coefficient (Wildman–Crippen LogP) is 2.12. The fraction of sp³-hybridized carbons (Fsp3) is 0.182. The van der Waals surface area contributed by atoms with Gasteiger partial charge in [-0.2, -0.15) is 0 Å². The van der Waals surface area contributed by atoms with E-state index in [1.807, 2.05) is 13.0 Å². The van der Waals surface area contributed by atoms with E-state index in [2.05, 4.69) is 5.32 Å². The lowest BCUT2D eigenvalue weighted by Gasteiger charge is -2.03. The maximum Gasteiger partial charge on any atom is 0.335 e. The van der Waals surface area contributed by atoms with E-state index in [1.165, 1.54) is 6.07 Å². The Labute approximate surface area is 96.7 Å². The predicted molar refractivity (Wildman–Crippen MR) is 62.2 cm³/mol. The summed E-state index contributed by atoms with van der Waals surface area (Å²) in [5.41, 5.74) is 1.59. The van der Waals surface area contributed by atoms with Gasteiger partial charge in [-0.1, -0.05) is 6.08 Å². The highest BCUT2D eigenvalue weighted by Crippen LogP contribution is 2.38. The Hall–Kier alpha value is -2.37. The van der Waals surface area contributed by atoms with Gasteiger partial charge >= 0.3 is 5.97 Å². The van der Waals surface area contributed by atoms with Gasteiger partial charge in [-0.3, -0.25) is 10.1 Å². The Bertz CT molecular complexity index is 549. The minimum absolute atomic E-state index is 0.0708. The van der Waals surface area contributed by atoms with E-state index in [0.29, 0.717) is 17.8 Å². The Morgan fingerprint density at radius 1 is 1.59 bits per heavy atom. The fourth-order valence-electron chi connectivity index (χ4n) is 1.87. The highest BCUT2D eigenvalue weighted by molar-refractivity contribution is 5.96. The average molecular weight is 234 g/mol. The van der Waals surface area contributed by atoms with Crippen molar-refractivity contribution in [3.8, 4) is 0 Å². The number of nitro benzene ring substituents is 1. The number of carbonyl (C=O) groups is 1. The minimum Gasteiger partial charge on any atom is -0.478 e. The van der Waals surface area contributed by atoms with E-state index in [1.54, 1.807) is 0 Å². The smallest absolute Gasteiger partial charge is 0.335 e. The number of allylic oxidation sites excluding steroid dienone is 1. The molecular formula is C11H10N2O4. The topological polar surface area (TPSA) is 92.5 Å². The molecule has 0 radical (unpaired) electrons. The van der Waals surface area contributed by atoms with E-state index in [0.717, 1.165) is 11.6 Å². The van der Waals surface area contributed by atoms with Crippen molar-refractivity contribution in [1.82, 2.24) is 0 Å². The number of carboxylic acid groups (broad SMARTS) is 1. The standard InChI is InChI=1S/C11H10N2O4/c1-2-6-5-12-10-8(6)3-7(11(14)15)4-9(10)13(16)17/h2-4,12H,5H2,1H3,(H,14,15)/b6-2+. The first kappa shape index (κ1) is 11.1. The van der Waals surface area contributed by atoms with Gasteiger partial charge in [0.2, 0.25) is 0 Å². The van der Waals surface area contributed by atoms with Crippen molar-refractivity contribution in [2.75, 3.05) is 11.9 Å². The van der Waals surface area contributed by atoms with Crippen molar-refractivity contribution in [3.63, 3.8) is 0 Å². The lowest BCUT2D eigenvalue weighted by Crippen LogP contribution is -2.01. The first-order valence-electron chi connectivity index (χ1n) is 4.99. The Kier molecular flexibility index (Phi) is 2.55. The molecule has 0 aliphatic carbocycles. The zero-order valence-electron chi connectivity index (χ0n) is 9.06. The Morgan fingerprint density at radius 3 is 2.82 bits per heavy atom. The summed E-state index contributed by atoms with van der Waals surface area (Å²) in [6.45, 7) is 2.29. The van der Waals surface area contributed by atoms with Crippen molar-refractivity contribution >= 4 is 22.9 Å². The molecule has 0 atom stereocenters. The number of rotatable bonds is 2. The summed E-state index contributed by atoms with van der Waals surface area (Å²) in [6.07, 6.45) is 1.81. The van der Waals surface area contributed by atoms with Crippen molar-refractivity contribution in [1.29, 1.82) is 0 Å². The third-order valence-corrected chi connectivity index (χ3v) is 2.71. The third kappa shape index (κ3) is 1.73. The van der Waals surface area contributed by atoms with E-state index in [-0.39, 0.29) is 11.3 Å². The number of hydrogen-bond donors (Lipinski definition) is 2. The number of carboxylic acids is 1. The molecule has 1 aromatic carbocycles. The molecule has 0 saturated carbocycles. The minimum atomic E-state index is -1.17. The summed E-state index contributed by atoms with van der Waals surface area (Å²) >= 11 is 0. The lowest BCUT2D eigenvalue weighted by atomic mass is 10.0. The second-order valence-corrected chi connectivity index (χ2v) is 3.65. The number of benzene rings is 1. The van der Waals surface area contributed by atoms with Gasteiger partial charge in [0.25, 0.3) is 5.69 Å². The fourth-order valence-corrected chi connectivity index (χ4v) is 1.87. The molecule has 1 heterocycles. The molecule has 17 heavy (non-hydrogen) atoms. The number of aromatic carboxylic acids is 1. The number of fused-ring (bicyclic) bond motifs is 1. The maximum atomic E-state index is 10.9. The number of hydrogen-bond acceptors (Lipinski definition) is 4. The SMILES string of the molecule is C/C=C1\CNc2c1cc(C(=O)O)cc2[N+](=O)[O-]. The van der Waals surface area contributed by atoms with E-state index in [4.69, 9.17) is 5.11 Å². The van der Waals surface area contributed by atoms with Crippen LogP contribution in [0, 0.1) is 10.1 Å². The van der Waals surface area contributed by atoms with E-state index in [9.17, 15) is 14.9 Å². The molecule has 6 nitrogen and oxygen atoms in total. The number of nitrogens with one attached hydrogen (secondary N) is 1. The highest BCUT2D eigenvalue weighted by Gasteiger charge is 2.27. The molecule has 1 aliphatic rings. The van der Waals surface area contributed by atoms with Crippen molar-refractivity contribution in [3.05, 3.63) is 39.4 Å². The zero-order chi connectivity index (χ0) is 12.6. The molecule has 1 aliphatic heterocycles. The molecule has 0 bridgehead atoms. The van der Waals surface area contributed by atoms with Gasteiger partial charge in [0.1, 0.15) is 5.69 Å². The first-order chi connectivity index (χ1) is 8.04. The molecule has 2 rings (SSSR count). The van der Waals surface area contributed by atoms with E-state index >= 15 is 0 Å². The number of nitro groups is 1. The molecule has 0 aromatic heterocycles. The second-order valence-electron chi connectivity index (χ2n) is 3.65. The van der Waals surface area contributed by atoms with Gasteiger partial charge in [-0.15, -0.1) is 0 Å². The summed E-state index contributed by atoms with van der Waals surface area (Å²) in [4.78, 5) is 21.2. The second kappa shape index (κ2) is 3.89. The van der Waals surface area contributed by atoms with Crippen LogP contribution in [0.25, 0.3) is 5.57 Å². The Morgan fingerprint density at radius 2 is 2.29 bits per heavy atom. The average Bonchev–Trinajstić information content (AvgIpc) is 2.69. The summed E-state index contributed by atoms with van der Waals surface area (Å²) < 4.78 is 0. The number of anilines is 1. The van der Waals surface area contributed by atoms with Crippen molar-refractivity contribution in [2.45, 2.75) is 6.92 Å². The van der Waals surface area contributed by atoms with Crippen molar-refractivity contribution < 1.29 is 14.8 Å². The summed E-state index contributed by atoms with van der Waals surface area (Å²) in [7, 11) is 0. The van der Waals surface area contributed by atoms with Crippen LogP contribution < -0.4 is 5.32 Å². The van der Waals surface area contributed by atoms with Gasteiger partial charge in [-0.25, -0.2) is 4.79 Å². The van der Waals surface area contributed by atoms with Gasteiger partial charge in [-0.05, 0) is 18.6 Å². The van der Waals surface area contributed by atoms with Gasteiger partial charge in [0, 0.05) is 18.2 Å². The quantitative estimate of drug-likeness (QED) is 0.604. The third-order valence-electron chi connectivity index (χ3n) is 2.71. The molecule has 0 spiro atoms. The maximum absolute atomic E-state index is 10.9. The van der Waals surface area contributed by atoms with Crippen LogP contribution in [0.4, 0.5) is 11.4 Å². The molecule has 88 valence electrons. The molecule has 6 heteroatoms. The Balaban J connectivity index is 2.71. The lowest BCUT2D eigenvalue weighted by molar-refractivity contribution is -0.384. The molecule has 1 aromatic rings. The molecule has 0 amide bonds. The van der Waals surface area contributed by atoms with Crippen LogP contribution in [0.15, 0.2) is 18.2 Å². The zero-order valence-corrected chi connectivity index (χ0v) is 9.06. The van der Waals surface area contributed by atoms with E-state index < -0.39 is 10.9 Å². The van der Waals surface area contributed by atoms with Gasteiger partial charge in [0.05, 0.1) is 10.5 Å². The van der Waals surface area contributed by atoms with Crippen LogP contribution in [0.2, 0.25) is 0 Å². The molecule has 2 N–H and O–H groups in total. The molecule has 0 saturated heterocycles. The molecular weight excluding hydrogens is 224 g/mol. The van der Waals surface area contributed by atoms with Crippen LogP contribution >= 0.6 is 0 Å². The summed E-state index contributed by atoms with van der Waals surface area (Å²) in [6, 6.07) is 2.53. The normalized spacial score (nSPS) is 15.5. The van der Waals surface area contributed by atoms with Crippen molar-refractivity contribution in [2.24, 2.45) is 0 Å².